The molecular weight excluding hydrogens is 356 g/mol. The molecule has 1 fully saturated rings. The molecule has 1 atom stereocenters. The number of hydrogen-bond donors (Lipinski definition) is 1. The molecule has 1 saturated heterocycles. The Morgan fingerprint density at radius 1 is 1.30 bits per heavy atom. The quantitative estimate of drug-likeness (QED) is 0.677. The number of aromatic nitrogens is 2. The van der Waals surface area contributed by atoms with Crippen molar-refractivity contribution in [3.63, 3.8) is 0 Å². The van der Waals surface area contributed by atoms with Crippen molar-refractivity contribution in [1.82, 2.24) is 19.8 Å². The van der Waals surface area contributed by atoms with Crippen LogP contribution in [0.25, 0.3) is 5.13 Å². The molecule has 1 aliphatic heterocycles. The lowest BCUT2D eigenvalue weighted by molar-refractivity contribution is 0.182. The van der Waals surface area contributed by atoms with Gasteiger partial charge in [0, 0.05) is 49.1 Å². The minimum atomic E-state index is 0.518. The third-order valence-electron chi connectivity index (χ3n) is 5.08. The summed E-state index contributed by atoms with van der Waals surface area (Å²) >= 11 is 1.67. The summed E-state index contributed by atoms with van der Waals surface area (Å²) in [5.41, 5.74) is 2.57. The van der Waals surface area contributed by atoms with Gasteiger partial charge in [0.1, 0.15) is 5.75 Å². The summed E-state index contributed by atoms with van der Waals surface area (Å²) in [4.78, 5) is 6.96. The molecule has 0 spiro atoms. The zero-order valence-corrected chi connectivity index (χ0v) is 16.5. The van der Waals surface area contributed by atoms with Gasteiger partial charge < -0.3 is 10.1 Å². The molecule has 4 rings (SSSR count). The van der Waals surface area contributed by atoms with E-state index in [-0.39, 0.29) is 0 Å². The highest BCUT2D eigenvalue weighted by molar-refractivity contribution is 7.12. The zero-order chi connectivity index (χ0) is 18.5. The van der Waals surface area contributed by atoms with Crippen molar-refractivity contribution in [1.29, 1.82) is 0 Å². The highest BCUT2D eigenvalue weighted by atomic mass is 32.1. The van der Waals surface area contributed by atoms with Gasteiger partial charge in [0.25, 0.3) is 0 Å². The molecule has 1 aliphatic rings. The fourth-order valence-electron chi connectivity index (χ4n) is 3.73. The van der Waals surface area contributed by atoms with E-state index < -0.39 is 0 Å². The van der Waals surface area contributed by atoms with E-state index in [1.807, 2.05) is 17.6 Å². The van der Waals surface area contributed by atoms with E-state index in [9.17, 15) is 0 Å². The van der Waals surface area contributed by atoms with Crippen molar-refractivity contribution in [2.75, 3.05) is 20.2 Å². The van der Waals surface area contributed by atoms with E-state index in [1.54, 1.807) is 18.4 Å². The molecule has 1 N–H and O–H groups in total. The van der Waals surface area contributed by atoms with Gasteiger partial charge in [-0.1, -0.05) is 12.1 Å². The average molecular weight is 383 g/mol. The maximum Gasteiger partial charge on any atom is 0.193 e. The predicted octanol–water partition coefficient (Wildman–Crippen LogP) is 3.70. The van der Waals surface area contributed by atoms with E-state index in [4.69, 9.17) is 4.74 Å². The highest BCUT2D eigenvalue weighted by Crippen LogP contribution is 2.19. The summed E-state index contributed by atoms with van der Waals surface area (Å²) in [6.45, 7) is 4.08. The van der Waals surface area contributed by atoms with Gasteiger partial charge in [-0.3, -0.25) is 9.47 Å². The van der Waals surface area contributed by atoms with Crippen LogP contribution >= 0.6 is 11.3 Å². The lowest BCUT2D eigenvalue weighted by atomic mass is 10.0. The molecule has 6 heteroatoms. The van der Waals surface area contributed by atoms with Crippen LogP contribution in [-0.4, -0.2) is 40.7 Å². The molecule has 0 amide bonds. The summed E-state index contributed by atoms with van der Waals surface area (Å²) in [7, 11) is 1.72. The molecule has 0 unspecified atom stereocenters. The van der Waals surface area contributed by atoms with Gasteiger partial charge in [0.05, 0.1) is 7.11 Å². The summed E-state index contributed by atoms with van der Waals surface area (Å²) in [6.07, 6.45) is 6.41. The molecule has 27 heavy (non-hydrogen) atoms. The Morgan fingerprint density at radius 3 is 3.11 bits per heavy atom. The van der Waals surface area contributed by atoms with Gasteiger partial charge in [-0.05, 0) is 49.2 Å². The summed E-state index contributed by atoms with van der Waals surface area (Å²) in [6, 6.07) is 13.2. The Morgan fingerprint density at radius 2 is 2.26 bits per heavy atom. The highest BCUT2D eigenvalue weighted by Gasteiger charge is 2.20. The monoisotopic (exact) mass is 382 g/mol. The van der Waals surface area contributed by atoms with Gasteiger partial charge in [-0.25, -0.2) is 4.98 Å². The van der Waals surface area contributed by atoms with Crippen LogP contribution in [0.4, 0.5) is 0 Å². The molecule has 0 bridgehead atoms. The molecule has 0 saturated carbocycles. The molecule has 3 aromatic rings. The van der Waals surface area contributed by atoms with Crippen LogP contribution in [0, 0.1) is 0 Å². The first-order valence-electron chi connectivity index (χ1n) is 9.46. The normalized spacial score (nSPS) is 17.9. The molecule has 0 aliphatic carbocycles. The fraction of sp³-hybridized carbons (Fsp3) is 0.381. The van der Waals surface area contributed by atoms with Gasteiger partial charge >= 0.3 is 0 Å². The van der Waals surface area contributed by atoms with E-state index in [1.165, 1.54) is 24.1 Å². The number of likely N-dealkylation sites (tertiary alicyclic amines) is 1. The van der Waals surface area contributed by atoms with Crippen LogP contribution in [-0.2, 0) is 13.1 Å². The molecular formula is C21H26N4OS. The zero-order valence-electron chi connectivity index (χ0n) is 15.7. The van der Waals surface area contributed by atoms with Crippen molar-refractivity contribution in [2.24, 2.45) is 0 Å². The minimum Gasteiger partial charge on any atom is -0.497 e. The van der Waals surface area contributed by atoms with Gasteiger partial charge in [0.15, 0.2) is 5.13 Å². The van der Waals surface area contributed by atoms with Crippen LogP contribution in [0.5, 0.6) is 5.75 Å². The minimum absolute atomic E-state index is 0.518. The molecule has 2 aromatic heterocycles. The standard InChI is InChI=1S/C21H26N4OS/c1-26-20-8-2-5-17(13-20)15-24-10-3-6-18(16-24)23-14-19-7-4-11-25(19)21-22-9-12-27-21/h2,4-5,7-9,11-13,18,23H,3,6,10,14-16H2,1H3/t18-/m0/s1. The third-order valence-corrected chi connectivity index (χ3v) is 5.85. The second kappa shape index (κ2) is 8.69. The molecule has 142 valence electrons. The number of hydrogen-bond acceptors (Lipinski definition) is 5. The Balaban J connectivity index is 1.33. The van der Waals surface area contributed by atoms with Crippen LogP contribution in [0.1, 0.15) is 24.1 Å². The molecule has 3 heterocycles. The lowest BCUT2D eigenvalue weighted by Gasteiger charge is -2.33. The van der Waals surface area contributed by atoms with Crippen molar-refractivity contribution in [3.8, 4) is 10.9 Å². The first-order valence-corrected chi connectivity index (χ1v) is 10.3. The third kappa shape index (κ3) is 4.58. The molecule has 0 radical (unpaired) electrons. The fourth-order valence-corrected chi connectivity index (χ4v) is 4.38. The van der Waals surface area contributed by atoms with Crippen molar-refractivity contribution in [2.45, 2.75) is 32.0 Å². The number of rotatable bonds is 7. The SMILES string of the molecule is COc1cccc(CN2CCC[C@H](NCc3cccn3-c3nccs3)C2)c1. The second-order valence-electron chi connectivity index (χ2n) is 6.99. The summed E-state index contributed by atoms with van der Waals surface area (Å²) in [5, 5.41) is 6.80. The molecule has 1 aromatic carbocycles. The topological polar surface area (TPSA) is 42.3 Å². The number of benzene rings is 1. The maximum atomic E-state index is 5.35. The van der Waals surface area contributed by atoms with E-state index in [0.29, 0.717) is 6.04 Å². The Hall–Kier alpha value is -2.15. The number of piperidine rings is 1. The number of nitrogens with one attached hydrogen (secondary N) is 1. The molecule has 5 nitrogen and oxygen atoms in total. The Kier molecular flexibility index (Phi) is 5.87. The van der Waals surface area contributed by atoms with Crippen molar-refractivity contribution in [3.05, 3.63) is 65.4 Å². The number of nitrogens with zero attached hydrogens (tertiary/aromatic N) is 3. The van der Waals surface area contributed by atoms with Crippen LogP contribution < -0.4 is 10.1 Å². The van der Waals surface area contributed by atoms with Crippen LogP contribution in [0.3, 0.4) is 0 Å². The van der Waals surface area contributed by atoms with E-state index in [2.05, 4.69) is 56.3 Å². The van der Waals surface area contributed by atoms with Crippen LogP contribution in [0.15, 0.2) is 54.2 Å². The first kappa shape index (κ1) is 18.2. The van der Waals surface area contributed by atoms with Gasteiger partial charge in [-0.15, -0.1) is 11.3 Å². The number of ether oxygens (including phenoxy) is 1. The van der Waals surface area contributed by atoms with Gasteiger partial charge in [0.2, 0.25) is 0 Å². The smallest absolute Gasteiger partial charge is 0.193 e. The summed E-state index contributed by atoms with van der Waals surface area (Å²) < 4.78 is 7.52. The lowest BCUT2D eigenvalue weighted by Crippen LogP contribution is -2.45. The summed E-state index contributed by atoms with van der Waals surface area (Å²) in [5.74, 6) is 0.933. The van der Waals surface area contributed by atoms with Gasteiger partial charge in [-0.2, -0.15) is 0 Å². The predicted molar refractivity (Wildman–Crippen MR) is 110 cm³/mol. The first-order chi connectivity index (χ1) is 13.3. The average Bonchev–Trinajstić information content (AvgIpc) is 3.38. The van der Waals surface area contributed by atoms with Crippen LogP contribution in [0.2, 0.25) is 0 Å². The number of thiazole rings is 1. The Labute approximate surface area is 164 Å². The Bertz CT molecular complexity index is 846. The number of methoxy groups -OCH3 is 1. The van der Waals surface area contributed by atoms with E-state index >= 15 is 0 Å². The second-order valence-corrected chi connectivity index (χ2v) is 7.86. The van der Waals surface area contributed by atoms with Crippen molar-refractivity contribution < 1.29 is 4.74 Å². The van der Waals surface area contributed by atoms with Crippen molar-refractivity contribution >= 4 is 11.3 Å². The van der Waals surface area contributed by atoms with E-state index in [0.717, 1.165) is 37.1 Å². The maximum absolute atomic E-state index is 5.35. The largest absolute Gasteiger partial charge is 0.497 e.